The van der Waals surface area contributed by atoms with Crippen LogP contribution in [0.3, 0.4) is 0 Å². The van der Waals surface area contributed by atoms with Gasteiger partial charge in [0.05, 0.1) is 17.7 Å². The molecule has 1 amide bonds. The molecule has 4 aliphatic rings. The predicted molar refractivity (Wildman–Crippen MR) is 71.5 cm³/mol. The van der Waals surface area contributed by atoms with E-state index in [1.165, 1.54) is 19.3 Å². The highest BCUT2D eigenvalue weighted by molar-refractivity contribution is 5.86. The quantitative estimate of drug-likeness (QED) is 0.776. The zero-order valence-electron chi connectivity index (χ0n) is 11.5. The number of fused-ring (bicyclic) bond motifs is 5. The summed E-state index contributed by atoms with van der Waals surface area (Å²) in [4.78, 5) is 14.8. The van der Waals surface area contributed by atoms with Crippen molar-refractivity contribution in [3.8, 4) is 0 Å². The van der Waals surface area contributed by atoms with Crippen molar-refractivity contribution in [1.29, 1.82) is 0 Å². The molecule has 4 fully saturated rings. The second kappa shape index (κ2) is 4.19. The molecular formula is C15H24N2O2. The van der Waals surface area contributed by atoms with Gasteiger partial charge in [-0.1, -0.05) is 19.3 Å². The summed E-state index contributed by atoms with van der Waals surface area (Å²) in [5.41, 5.74) is 5.84. The number of nitrogens with zero attached hydrogens (tertiary/aromatic N) is 1. The average molecular weight is 264 g/mol. The zero-order valence-corrected chi connectivity index (χ0v) is 11.5. The molecule has 0 spiro atoms. The minimum absolute atomic E-state index is 0.223. The molecule has 3 aliphatic heterocycles. The molecule has 4 rings (SSSR count). The first-order valence-corrected chi connectivity index (χ1v) is 7.91. The molecule has 106 valence electrons. The number of amides is 1. The molecule has 0 aromatic rings. The van der Waals surface area contributed by atoms with Crippen LogP contribution in [0.25, 0.3) is 0 Å². The maximum Gasteiger partial charge on any atom is 0.242 e. The van der Waals surface area contributed by atoms with Crippen LogP contribution in [0.2, 0.25) is 0 Å². The van der Waals surface area contributed by atoms with Crippen LogP contribution in [0.1, 0.15) is 44.9 Å². The van der Waals surface area contributed by atoms with E-state index in [4.69, 9.17) is 10.5 Å². The van der Waals surface area contributed by atoms with Crippen LogP contribution in [0.15, 0.2) is 0 Å². The molecule has 3 saturated heterocycles. The fraction of sp³-hybridized carbons (Fsp3) is 0.933. The molecule has 3 heterocycles. The lowest BCUT2D eigenvalue weighted by atomic mass is 9.81. The first-order valence-electron chi connectivity index (χ1n) is 7.91. The molecular weight excluding hydrogens is 240 g/mol. The van der Waals surface area contributed by atoms with Crippen LogP contribution in [-0.2, 0) is 9.53 Å². The second-order valence-electron chi connectivity index (χ2n) is 7.04. The summed E-state index contributed by atoms with van der Waals surface area (Å²) in [6.45, 7) is 1.78. The van der Waals surface area contributed by atoms with Crippen LogP contribution in [0.5, 0.6) is 0 Å². The molecule has 2 bridgehead atoms. The molecule has 0 radical (unpaired) electrons. The Labute approximate surface area is 114 Å². The number of likely N-dealkylation sites (tertiary alicyclic amines) is 1. The summed E-state index contributed by atoms with van der Waals surface area (Å²) >= 11 is 0. The smallest absolute Gasteiger partial charge is 0.242 e. The van der Waals surface area contributed by atoms with Crippen molar-refractivity contribution in [2.24, 2.45) is 17.6 Å². The molecule has 4 nitrogen and oxygen atoms in total. The Morgan fingerprint density at radius 1 is 1.05 bits per heavy atom. The van der Waals surface area contributed by atoms with Gasteiger partial charge in [0, 0.05) is 24.9 Å². The van der Waals surface area contributed by atoms with Crippen molar-refractivity contribution in [3.05, 3.63) is 0 Å². The first-order chi connectivity index (χ1) is 9.17. The SMILES string of the molecule is NC1(C(=O)N2CC3C4CCC(O4)C3C2)CCCCC1. The van der Waals surface area contributed by atoms with Gasteiger partial charge >= 0.3 is 0 Å². The van der Waals surface area contributed by atoms with Gasteiger partial charge in [0.15, 0.2) is 0 Å². The Kier molecular flexibility index (Phi) is 2.68. The third kappa shape index (κ3) is 1.76. The van der Waals surface area contributed by atoms with Gasteiger partial charge in [0.2, 0.25) is 5.91 Å². The van der Waals surface area contributed by atoms with Crippen molar-refractivity contribution in [3.63, 3.8) is 0 Å². The molecule has 0 aromatic carbocycles. The predicted octanol–water partition coefficient (Wildman–Crippen LogP) is 1.28. The van der Waals surface area contributed by atoms with Gasteiger partial charge in [-0.2, -0.15) is 0 Å². The third-order valence-corrected chi connectivity index (χ3v) is 5.91. The highest BCUT2D eigenvalue weighted by Gasteiger charge is 2.55. The Balaban J connectivity index is 1.48. The molecule has 4 atom stereocenters. The lowest BCUT2D eigenvalue weighted by Crippen LogP contribution is -2.56. The van der Waals surface area contributed by atoms with E-state index in [2.05, 4.69) is 4.90 Å². The van der Waals surface area contributed by atoms with Crippen LogP contribution in [0.4, 0.5) is 0 Å². The second-order valence-corrected chi connectivity index (χ2v) is 7.04. The van der Waals surface area contributed by atoms with Crippen LogP contribution >= 0.6 is 0 Å². The Morgan fingerprint density at radius 2 is 1.63 bits per heavy atom. The van der Waals surface area contributed by atoms with Crippen molar-refractivity contribution in [1.82, 2.24) is 4.90 Å². The third-order valence-electron chi connectivity index (χ3n) is 5.91. The van der Waals surface area contributed by atoms with E-state index in [1.807, 2.05) is 0 Å². The van der Waals surface area contributed by atoms with Crippen LogP contribution in [0, 0.1) is 11.8 Å². The highest BCUT2D eigenvalue weighted by atomic mass is 16.5. The van der Waals surface area contributed by atoms with Crippen molar-refractivity contribution >= 4 is 5.91 Å². The van der Waals surface area contributed by atoms with E-state index >= 15 is 0 Å². The average Bonchev–Trinajstić information content (AvgIpc) is 3.11. The lowest BCUT2D eigenvalue weighted by molar-refractivity contribution is -0.138. The maximum atomic E-state index is 12.7. The number of carbonyl (C=O) groups is 1. The Hall–Kier alpha value is -0.610. The number of rotatable bonds is 1. The van der Waals surface area contributed by atoms with Gasteiger partial charge in [-0.3, -0.25) is 4.79 Å². The highest BCUT2D eigenvalue weighted by Crippen LogP contribution is 2.47. The van der Waals surface area contributed by atoms with Crippen molar-refractivity contribution in [2.75, 3.05) is 13.1 Å². The molecule has 2 N–H and O–H groups in total. The molecule has 4 unspecified atom stereocenters. The van der Waals surface area contributed by atoms with E-state index in [-0.39, 0.29) is 5.91 Å². The largest absolute Gasteiger partial charge is 0.374 e. The first kappa shape index (κ1) is 12.2. The normalized spacial score (nSPS) is 43.5. The monoisotopic (exact) mass is 264 g/mol. The lowest BCUT2D eigenvalue weighted by Gasteiger charge is -2.35. The fourth-order valence-electron chi connectivity index (χ4n) is 4.84. The standard InChI is InChI=1S/C15H24N2O2/c16-15(6-2-1-3-7-15)14(18)17-8-10-11(9-17)13-5-4-12(10)19-13/h10-13H,1-9,16H2. The summed E-state index contributed by atoms with van der Waals surface area (Å²) in [5, 5.41) is 0. The van der Waals surface area contributed by atoms with Crippen LogP contribution in [-0.4, -0.2) is 41.6 Å². The molecule has 1 saturated carbocycles. The Bertz CT molecular complexity index is 374. The minimum Gasteiger partial charge on any atom is -0.374 e. The van der Waals surface area contributed by atoms with Gasteiger partial charge in [-0.25, -0.2) is 0 Å². The molecule has 0 aromatic heterocycles. The fourth-order valence-corrected chi connectivity index (χ4v) is 4.84. The number of hydrogen-bond acceptors (Lipinski definition) is 3. The van der Waals surface area contributed by atoms with Crippen LogP contribution < -0.4 is 5.73 Å². The summed E-state index contributed by atoms with van der Waals surface area (Å²) in [6.07, 6.45) is 8.44. The summed E-state index contributed by atoms with van der Waals surface area (Å²) in [6, 6.07) is 0. The molecule has 1 aliphatic carbocycles. The van der Waals surface area contributed by atoms with Gasteiger partial charge < -0.3 is 15.4 Å². The Morgan fingerprint density at radius 3 is 2.21 bits per heavy atom. The van der Waals surface area contributed by atoms with E-state index < -0.39 is 5.54 Å². The number of carbonyl (C=O) groups excluding carboxylic acids is 1. The number of nitrogens with two attached hydrogens (primary N) is 1. The maximum absolute atomic E-state index is 12.7. The minimum atomic E-state index is -0.559. The van der Waals surface area contributed by atoms with E-state index in [0.29, 0.717) is 24.0 Å². The van der Waals surface area contributed by atoms with E-state index in [9.17, 15) is 4.79 Å². The molecule has 4 heteroatoms. The van der Waals surface area contributed by atoms with Crippen molar-refractivity contribution in [2.45, 2.75) is 62.7 Å². The van der Waals surface area contributed by atoms with Crippen molar-refractivity contribution < 1.29 is 9.53 Å². The van der Waals surface area contributed by atoms with Gasteiger partial charge in [0.1, 0.15) is 0 Å². The van der Waals surface area contributed by atoms with Gasteiger partial charge in [0.25, 0.3) is 0 Å². The topological polar surface area (TPSA) is 55.6 Å². The van der Waals surface area contributed by atoms with E-state index in [0.717, 1.165) is 38.8 Å². The van der Waals surface area contributed by atoms with Gasteiger partial charge in [-0.05, 0) is 25.7 Å². The summed E-state index contributed by atoms with van der Waals surface area (Å²) in [5.74, 6) is 1.41. The number of hydrogen-bond donors (Lipinski definition) is 1. The zero-order chi connectivity index (χ0) is 13.0. The summed E-state index contributed by atoms with van der Waals surface area (Å²) < 4.78 is 5.97. The van der Waals surface area contributed by atoms with E-state index in [1.54, 1.807) is 0 Å². The number of ether oxygens (including phenoxy) is 1. The summed E-state index contributed by atoms with van der Waals surface area (Å²) in [7, 11) is 0. The molecule has 19 heavy (non-hydrogen) atoms. The van der Waals surface area contributed by atoms with Gasteiger partial charge in [-0.15, -0.1) is 0 Å².